The number of sulfone groups is 1. The van der Waals surface area contributed by atoms with Crippen LogP contribution >= 0.6 is 0 Å². The number of nitrogens with two attached hydrogens (primary N) is 2. The van der Waals surface area contributed by atoms with Crippen LogP contribution in [0.4, 0.5) is 26.3 Å². The Kier molecular flexibility index (Phi) is 13.0. The van der Waals surface area contributed by atoms with E-state index in [-0.39, 0.29) is 48.3 Å². The fraction of sp³-hybridized carbons (Fsp3) is 0.481. The highest BCUT2D eigenvalue weighted by Crippen LogP contribution is 2.37. The van der Waals surface area contributed by atoms with E-state index < -0.39 is 57.8 Å². The number of benzene rings is 2. The number of amidine groups is 1. The Balaban J connectivity index is 0.00000345. The molecule has 2 aromatic rings. The topological polar surface area (TPSA) is 164 Å². The lowest BCUT2D eigenvalue weighted by molar-refractivity contribution is -0.149. The van der Waals surface area contributed by atoms with Crippen molar-refractivity contribution in [2.75, 3.05) is 32.8 Å². The predicted octanol–water partition coefficient (Wildman–Crippen LogP) is 3.67. The average Bonchev–Trinajstić information content (AvgIpc) is 2.99. The van der Waals surface area contributed by atoms with Crippen molar-refractivity contribution in [1.29, 1.82) is 0 Å². The molecule has 1 fully saturated rings. The molecule has 18 heteroatoms. The Hall–Kier alpha value is -3.61. The minimum absolute atomic E-state index is 0.0986. The van der Waals surface area contributed by atoms with Crippen molar-refractivity contribution in [3.05, 3.63) is 59.7 Å². The molecule has 0 saturated carbocycles. The summed E-state index contributed by atoms with van der Waals surface area (Å²) in [6.07, 6.45) is -9.59. The first kappa shape index (κ1) is 37.6. The lowest BCUT2D eigenvalue weighted by atomic mass is 9.95. The molecular weight excluding hydrogens is 634 g/mol. The number of nitrogens with zero attached hydrogens (tertiary/aromatic N) is 3. The van der Waals surface area contributed by atoms with E-state index in [2.05, 4.69) is 5.10 Å². The second-order valence-electron chi connectivity index (χ2n) is 9.73. The second kappa shape index (κ2) is 15.6. The highest BCUT2D eigenvalue weighted by atomic mass is 32.2. The summed E-state index contributed by atoms with van der Waals surface area (Å²) in [5, 5.41) is 14.1. The Labute approximate surface area is 256 Å². The van der Waals surface area contributed by atoms with Crippen LogP contribution in [0.2, 0.25) is 0 Å². The van der Waals surface area contributed by atoms with Crippen molar-refractivity contribution in [1.82, 2.24) is 15.5 Å². The maximum Gasteiger partial charge on any atom is 0.416 e. The van der Waals surface area contributed by atoms with E-state index in [0.29, 0.717) is 6.42 Å². The van der Waals surface area contributed by atoms with E-state index in [4.69, 9.17) is 16.3 Å². The quantitative estimate of drug-likeness (QED) is 0.0531. The summed E-state index contributed by atoms with van der Waals surface area (Å²) in [4.78, 5) is 13.2. The standard InChI is InChI=1S/C25H30F6N6O5S.C2H6/c26-24(27,28)16-36-13-10-23(11-14-36,22(38)35-39)43(40,41)20-8-6-19(7-9-20)42-15-1-12-37(33)34-21(32)17-2-4-18(5-3-17)25(29,30)31;1-2/h2-9,39H,1,10-16,33H2,(H2,32,34)(H,35,38);1-2H3. The second-order valence-corrected chi connectivity index (χ2v) is 12.0. The van der Waals surface area contributed by atoms with Gasteiger partial charge in [-0.05, 0) is 49.2 Å². The van der Waals surface area contributed by atoms with Gasteiger partial charge in [0.1, 0.15) is 5.75 Å². The number of hydrazine groups is 1. The highest BCUT2D eigenvalue weighted by molar-refractivity contribution is 7.93. The largest absolute Gasteiger partial charge is 0.494 e. The number of piperidine rings is 1. The van der Waals surface area contributed by atoms with Crippen LogP contribution in [0.3, 0.4) is 0 Å². The van der Waals surface area contributed by atoms with Gasteiger partial charge in [0.15, 0.2) is 20.4 Å². The van der Waals surface area contributed by atoms with Crippen molar-refractivity contribution in [2.24, 2.45) is 16.7 Å². The molecular formula is C27H36F6N6O5S. The van der Waals surface area contributed by atoms with E-state index >= 15 is 0 Å². The van der Waals surface area contributed by atoms with Crippen LogP contribution in [0.5, 0.6) is 5.75 Å². The van der Waals surface area contributed by atoms with Gasteiger partial charge >= 0.3 is 12.4 Å². The molecule has 0 unspecified atom stereocenters. The van der Waals surface area contributed by atoms with E-state index in [9.17, 15) is 44.8 Å². The normalized spacial score (nSPS) is 15.9. The lowest BCUT2D eigenvalue weighted by Crippen LogP contribution is -2.58. The van der Waals surface area contributed by atoms with Gasteiger partial charge in [-0.2, -0.15) is 26.3 Å². The van der Waals surface area contributed by atoms with Crippen LogP contribution in [-0.2, 0) is 20.8 Å². The fourth-order valence-corrected chi connectivity index (χ4v) is 6.43. The number of hydrogen-bond acceptors (Lipinski definition) is 9. The van der Waals surface area contributed by atoms with Crippen LogP contribution in [-0.4, -0.2) is 79.1 Å². The number of halogens is 6. The van der Waals surface area contributed by atoms with Crippen LogP contribution < -0.4 is 21.8 Å². The summed E-state index contributed by atoms with van der Waals surface area (Å²) < 4.78 is 107. The summed E-state index contributed by atoms with van der Waals surface area (Å²) in [6.45, 7) is 2.33. The van der Waals surface area contributed by atoms with Gasteiger partial charge in [-0.3, -0.25) is 14.9 Å². The molecule has 1 amide bonds. The van der Waals surface area contributed by atoms with Crippen LogP contribution in [0.25, 0.3) is 0 Å². The number of likely N-dealkylation sites (tertiary alicyclic amines) is 1. The maximum absolute atomic E-state index is 13.5. The molecule has 6 N–H and O–H groups in total. The molecule has 1 aliphatic rings. The maximum atomic E-state index is 13.5. The van der Waals surface area contributed by atoms with Gasteiger partial charge in [0.25, 0.3) is 5.91 Å². The number of hydroxylamine groups is 1. The molecule has 3 rings (SSSR count). The van der Waals surface area contributed by atoms with Gasteiger partial charge in [0.05, 0.1) is 30.2 Å². The number of carbonyl (C=O) groups excluding carboxylic acids is 1. The monoisotopic (exact) mass is 670 g/mol. The van der Waals surface area contributed by atoms with Crippen LogP contribution in [0, 0.1) is 0 Å². The smallest absolute Gasteiger partial charge is 0.416 e. The summed E-state index contributed by atoms with van der Waals surface area (Å²) in [7, 11) is -4.44. The summed E-state index contributed by atoms with van der Waals surface area (Å²) in [5.74, 6) is 4.70. The van der Waals surface area contributed by atoms with Gasteiger partial charge in [-0.15, -0.1) is 5.10 Å². The molecule has 0 spiro atoms. The Bertz CT molecular complexity index is 1380. The molecule has 11 nitrogen and oxygen atoms in total. The van der Waals surface area contributed by atoms with Crippen molar-refractivity contribution < 1.29 is 49.5 Å². The van der Waals surface area contributed by atoms with Crippen molar-refractivity contribution in [3.63, 3.8) is 0 Å². The van der Waals surface area contributed by atoms with Crippen molar-refractivity contribution in [3.8, 4) is 5.75 Å². The zero-order valence-corrected chi connectivity index (χ0v) is 25.3. The molecule has 0 bridgehead atoms. The first-order valence-electron chi connectivity index (χ1n) is 13.7. The van der Waals surface area contributed by atoms with Crippen LogP contribution in [0.15, 0.2) is 58.5 Å². The molecule has 1 aliphatic heterocycles. The third-order valence-electron chi connectivity index (χ3n) is 6.77. The Morgan fingerprint density at radius 2 is 1.60 bits per heavy atom. The minimum atomic E-state index is -4.49. The third-order valence-corrected chi connectivity index (χ3v) is 9.29. The predicted molar refractivity (Wildman–Crippen MR) is 153 cm³/mol. The van der Waals surface area contributed by atoms with Gasteiger partial charge in [0, 0.05) is 25.1 Å². The molecule has 0 aliphatic carbocycles. The summed E-state index contributed by atoms with van der Waals surface area (Å²) in [5.41, 5.74) is 6.54. The fourth-order valence-electron chi connectivity index (χ4n) is 4.48. The highest BCUT2D eigenvalue weighted by Gasteiger charge is 2.53. The zero-order valence-electron chi connectivity index (χ0n) is 24.5. The number of ether oxygens (including phenoxy) is 1. The first-order chi connectivity index (χ1) is 21.0. The summed E-state index contributed by atoms with van der Waals surface area (Å²) >= 11 is 0. The number of carbonyl (C=O) groups is 1. The summed E-state index contributed by atoms with van der Waals surface area (Å²) in [6, 6.07) is 9.09. The van der Waals surface area contributed by atoms with Gasteiger partial charge in [-0.1, -0.05) is 26.0 Å². The molecule has 1 heterocycles. The number of amides is 1. The van der Waals surface area contributed by atoms with Crippen molar-refractivity contribution in [2.45, 2.75) is 55.1 Å². The number of hydrogen-bond donors (Lipinski definition) is 4. The van der Waals surface area contributed by atoms with Gasteiger partial charge < -0.3 is 10.5 Å². The number of hydrazone groups is 1. The van der Waals surface area contributed by atoms with E-state index in [1.807, 2.05) is 13.8 Å². The minimum Gasteiger partial charge on any atom is -0.494 e. The number of alkyl halides is 6. The number of nitrogens with one attached hydrogen (secondary N) is 1. The molecule has 1 saturated heterocycles. The van der Waals surface area contributed by atoms with E-state index in [1.165, 1.54) is 29.7 Å². The van der Waals surface area contributed by atoms with E-state index in [0.717, 1.165) is 34.3 Å². The molecule has 0 radical (unpaired) electrons. The molecule has 45 heavy (non-hydrogen) atoms. The van der Waals surface area contributed by atoms with Gasteiger partial charge in [-0.25, -0.2) is 24.9 Å². The number of rotatable bonds is 11. The first-order valence-corrected chi connectivity index (χ1v) is 15.2. The van der Waals surface area contributed by atoms with E-state index in [1.54, 1.807) is 0 Å². The SMILES string of the molecule is CC.N/C(=N\N(N)CCCOc1ccc(S(=O)(=O)C2(C(=O)NO)CCN(CC(F)(F)F)CC2)cc1)c1ccc(C(F)(F)F)cc1. The third kappa shape index (κ3) is 9.94. The Morgan fingerprint density at radius 1 is 1.04 bits per heavy atom. The molecule has 0 aromatic heterocycles. The zero-order chi connectivity index (χ0) is 34.1. The van der Waals surface area contributed by atoms with Gasteiger partial charge in [0.2, 0.25) is 0 Å². The average molecular weight is 671 g/mol. The Morgan fingerprint density at radius 3 is 2.09 bits per heavy atom. The molecule has 0 atom stereocenters. The molecule has 2 aromatic carbocycles. The van der Waals surface area contributed by atoms with Crippen molar-refractivity contribution >= 4 is 21.6 Å². The molecule has 252 valence electrons. The van der Waals surface area contributed by atoms with Crippen LogP contribution in [0.1, 0.15) is 44.2 Å². The lowest BCUT2D eigenvalue weighted by Gasteiger charge is -2.39.